The number of hydrogen-bond acceptors (Lipinski definition) is 6. The molecule has 0 aliphatic heterocycles. The quantitative estimate of drug-likeness (QED) is 0.153. The third-order valence-corrected chi connectivity index (χ3v) is 5.32. The average molecular weight is 413 g/mol. The molecule has 1 fully saturated rings. The maximum atomic E-state index is 12.9. The molecule has 1 unspecified atom stereocenters. The zero-order valence-corrected chi connectivity index (χ0v) is 16.9. The van der Waals surface area contributed by atoms with Gasteiger partial charge in [0.2, 0.25) is 6.43 Å². The van der Waals surface area contributed by atoms with E-state index in [9.17, 15) is 13.9 Å². The van der Waals surface area contributed by atoms with Crippen molar-refractivity contribution in [1.82, 2.24) is 5.32 Å². The van der Waals surface area contributed by atoms with E-state index in [1.807, 2.05) is 6.92 Å². The lowest BCUT2D eigenvalue weighted by atomic mass is 9.74. The number of amidine groups is 1. The van der Waals surface area contributed by atoms with Crippen molar-refractivity contribution in [1.29, 1.82) is 0 Å². The summed E-state index contributed by atoms with van der Waals surface area (Å²) in [6.07, 6.45) is -1.14. The maximum absolute atomic E-state index is 12.9. The molecule has 0 spiro atoms. The highest BCUT2D eigenvalue weighted by Gasteiger charge is 2.37. The van der Waals surface area contributed by atoms with Gasteiger partial charge in [-0.2, -0.15) is 0 Å². The van der Waals surface area contributed by atoms with E-state index in [1.165, 1.54) is 7.11 Å². The Hall–Kier alpha value is -2.71. The summed E-state index contributed by atoms with van der Waals surface area (Å²) in [4.78, 5) is 0. The fourth-order valence-corrected chi connectivity index (χ4v) is 3.30. The molecule has 3 atom stereocenters. The Morgan fingerprint density at radius 1 is 1.38 bits per heavy atom. The van der Waals surface area contributed by atoms with E-state index < -0.39 is 18.4 Å². The predicted octanol–water partition coefficient (Wildman–Crippen LogP) is 3.62. The largest absolute Gasteiger partial charge is 0.507 e. The van der Waals surface area contributed by atoms with Gasteiger partial charge in [-0.25, -0.2) is 8.78 Å². The Bertz CT molecular complexity index is 755. The fourth-order valence-electron chi connectivity index (χ4n) is 3.30. The summed E-state index contributed by atoms with van der Waals surface area (Å²) in [5.74, 6) is 0.0419. The molecule has 0 radical (unpaired) electrons. The third-order valence-electron chi connectivity index (χ3n) is 5.32. The van der Waals surface area contributed by atoms with E-state index in [0.29, 0.717) is 42.1 Å². The molecule has 0 saturated heterocycles. The molecule has 1 aromatic carbocycles. The molecule has 29 heavy (non-hydrogen) atoms. The Morgan fingerprint density at radius 3 is 2.62 bits per heavy atom. The minimum Gasteiger partial charge on any atom is -0.507 e. The third kappa shape index (κ3) is 5.42. The van der Waals surface area contributed by atoms with Crippen LogP contribution in [0.5, 0.6) is 11.5 Å². The summed E-state index contributed by atoms with van der Waals surface area (Å²) in [6.45, 7) is 3.94. The van der Waals surface area contributed by atoms with E-state index in [1.54, 1.807) is 25.1 Å². The van der Waals surface area contributed by atoms with Crippen LogP contribution >= 0.6 is 0 Å². The molecule has 9 heteroatoms. The minimum absolute atomic E-state index is 0.0138. The molecule has 0 amide bonds. The van der Waals surface area contributed by atoms with Gasteiger partial charge in [-0.3, -0.25) is 0 Å². The summed E-state index contributed by atoms with van der Waals surface area (Å²) in [5.41, 5.74) is 6.52. The lowest BCUT2D eigenvalue weighted by Crippen LogP contribution is -2.39. The van der Waals surface area contributed by atoms with Crippen molar-refractivity contribution in [2.24, 2.45) is 22.7 Å². The van der Waals surface area contributed by atoms with Crippen molar-refractivity contribution in [3.63, 3.8) is 0 Å². The molecule has 1 saturated carbocycles. The van der Waals surface area contributed by atoms with E-state index >= 15 is 0 Å². The van der Waals surface area contributed by atoms with Crippen LogP contribution in [0.15, 0.2) is 34.8 Å². The average Bonchev–Trinajstić information content (AvgIpc) is 2.69. The van der Waals surface area contributed by atoms with Gasteiger partial charge < -0.3 is 30.8 Å². The molecule has 162 valence electrons. The van der Waals surface area contributed by atoms with Gasteiger partial charge in [0.1, 0.15) is 11.5 Å². The SMILES string of the molecule is CCC(Oc1ccc(C(N)=NO)c(OC)c1)/C(O)=C(\C)NC[C@@H]1CC[C@H]1C(F)F. The number of aliphatic hydroxyl groups is 1. The second kappa shape index (κ2) is 10.2. The van der Waals surface area contributed by atoms with Crippen molar-refractivity contribution in [3.05, 3.63) is 35.2 Å². The summed E-state index contributed by atoms with van der Waals surface area (Å²) in [6, 6.07) is 4.78. The molecule has 0 aromatic heterocycles. The molecular formula is C20H29F2N3O4. The zero-order chi connectivity index (χ0) is 21.6. The van der Waals surface area contributed by atoms with Gasteiger partial charge in [0.15, 0.2) is 17.7 Å². The fraction of sp³-hybridized carbons (Fsp3) is 0.550. The topological polar surface area (TPSA) is 109 Å². The molecule has 1 aliphatic carbocycles. The van der Waals surface area contributed by atoms with E-state index in [4.69, 9.17) is 20.4 Å². The van der Waals surface area contributed by atoms with Crippen LogP contribution in [-0.4, -0.2) is 42.3 Å². The van der Waals surface area contributed by atoms with Gasteiger partial charge in [-0.15, -0.1) is 0 Å². The molecule has 1 aromatic rings. The van der Waals surface area contributed by atoms with Gasteiger partial charge in [0, 0.05) is 24.2 Å². The second-order valence-corrected chi connectivity index (χ2v) is 7.09. The number of nitrogens with two attached hydrogens (primary N) is 1. The number of rotatable bonds is 10. The van der Waals surface area contributed by atoms with Gasteiger partial charge in [-0.1, -0.05) is 12.1 Å². The highest BCUT2D eigenvalue weighted by atomic mass is 19.3. The van der Waals surface area contributed by atoms with Crippen LogP contribution in [-0.2, 0) is 0 Å². The van der Waals surface area contributed by atoms with Crippen LogP contribution in [0.1, 0.15) is 38.7 Å². The van der Waals surface area contributed by atoms with Crippen molar-refractivity contribution in [2.45, 2.75) is 45.6 Å². The predicted molar refractivity (Wildman–Crippen MR) is 106 cm³/mol. The highest BCUT2D eigenvalue weighted by Crippen LogP contribution is 2.38. The Balaban J connectivity index is 2.07. The number of ether oxygens (including phenoxy) is 2. The number of oxime groups is 1. The summed E-state index contributed by atoms with van der Waals surface area (Å²) in [7, 11) is 1.45. The lowest BCUT2D eigenvalue weighted by molar-refractivity contribution is -0.0105. The minimum atomic E-state index is -2.30. The normalized spacial score (nSPS) is 21.2. The number of nitrogens with one attached hydrogen (secondary N) is 1. The van der Waals surface area contributed by atoms with Crippen LogP contribution in [0.25, 0.3) is 0 Å². The Kier molecular flexibility index (Phi) is 7.92. The van der Waals surface area contributed by atoms with E-state index in [0.717, 1.165) is 6.42 Å². The van der Waals surface area contributed by atoms with Crippen LogP contribution in [0.4, 0.5) is 8.78 Å². The molecule has 2 rings (SSSR count). The summed E-state index contributed by atoms with van der Waals surface area (Å²) >= 11 is 0. The van der Waals surface area contributed by atoms with Gasteiger partial charge in [0.25, 0.3) is 0 Å². The second-order valence-electron chi connectivity index (χ2n) is 7.09. The number of nitrogens with zero attached hydrogens (tertiary/aromatic N) is 1. The van der Waals surface area contributed by atoms with Crippen molar-refractivity contribution >= 4 is 5.84 Å². The number of hydrogen-bond donors (Lipinski definition) is 4. The summed E-state index contributed by atoms with van der Waals surface area (Å²) < 4.78 is 36.8. The molecule has 1 aliphatic rings. The van der Waals surface area contributed by atoms with Crippen LogP contribution in [0.3, 0.4) is 0 Å². The molecule has 7 nitrogen and oxygen atoms in total. The number of allylic oxidation sites excluding steroid dienone is 1. The van der Waals surface area contributed by atoms with Crippen LogP contribution in [0, 0.1) is 11.8 Å². The Morgan fingerprint density at radius 2 is 2.10 bits per heavy atom. The van der Waals surface area contributed by atoms with Crippen LogP contribution in [0.2, 0.25) is 0 Å². The zero-order valence-electron chi connectivity index (χ0n) is 16.9. The number of benzene rings is 1. The molecule has 0 heterocycles. The van der Waals surface area contributed by atoms with Crippen molar-refractivity contribution in [3.8, 4) is 11.5 Å². The van der Waals surface area contributed by atoms with Crippen molar-refractivity contribution in [2.75, 3.05) is 13.7 Å². The lowest BCUT2D eigenvalue weighted by Gasteiger charge is -2.36. The molecule has 0 bridgehead atoms. The number of alkyl halides is 2. The number of aliphatic hydroxyl groups excluding tert-OH is 1. The smallest absolute Gasteiger partial charge is 0.241 e. The van der Waals surface area contributed by atoms with Gasteiger partial charge in [-0.05, 0) is 44.2 Å². The van der Waals surface area contributed by atoms with Crippen molar-refractivity contribution < 1.29 is 28.6 Å². The number of halogens is 2. The molecule has 5 N–H and O–H groups in total. The van der Waals surface area contributed by atoms with E-state index in [2.05, 4.69) is 10.5 Å². The van der Waals surface area contributed by atoms with Gasteiger partial charge in [0.05, 0.1) is 12.7 Å². The first-order chi connectivity index (χ1) is 13.8. The molecular weight excluding hydrogens is 384 g/mol. The number of methoxy groups -OCH3 is 1. The van der Waals surface area contributed by atoms with Crippen LogP contribution < -0.4 is 20.5 Å². The highest BCUT2D eigenvalue weighted by molar-refractivity contribution is 5.99. The summed E-state index contributed by atoms with van der Waals surface area (Å²) in [5, 5.41) is 25.4. The maximum Gasteiger partial charge on any atom is 0.241 e. The van der Waals surface area contributed by atoms with Gasteiger partial charge >= 0.3 is 0 Å². The van der Waals surface area contributed by atoms with E-state index in [-0.39, 0.29) is 17.5 Å². The standard InChI is InChI=1S/C20H29F2N3O4/c1-4-16(18(26)11(2)24-10-12-5-7-14(12)19(21)22)29-13-6-8-15(20(23)25-27)17(9-13)28-3/h6,8-9,12,14,16,19,24,26-27H,4-5,7,10H2,1-3H3,(H2,23,25)/b18-11-/t12-,14+,16?/m0/s1. The first-order valence-electron chi connectivity index (χ1n) is 9.56. The monoisotopic (exact) mass is 413 g/mol. The Labute approximate surface area is 169 Å². The first kappa shape index (κ1) is 22.6. The first-order valence-corrected chi connectivity index (χ1v) is 9.56.